The van der Waals surface area contributed by atoms with Crippen LogP contribution in [0.1, 0.15) is 17.6 Å². The van der Waals surface area contributed by atoms with Crippen LogP contribution in [0.3, 0.4) is 0 Å². The third-order valence-electron chi connectivity index (χ3n) is 1.66. The van der Waals surface area contributed by atoms with E-state index in [0.29, 0.717) is 18.4 Å². The topological polar surface area (TPSA) is 64.9 Å². The Hall–Kier alpha value is -0.550. The molecule has 5 heteroatoms. The zero-order chi connectivity index (χ0) is 7.68. The number of nitrogens with zero attached hydrogens (tertiary/aromatic N) is 2. The molecule has 0 spiro atoms. The van der Waals surface area contributed by atoms with Crippen LogP contribution >= 0.6 is 11.8 Å². The summed E-state index contributed by atoms with van der Waals surface area (Å²) in [5, 5.41) is 3.83. The van der Waals surface area contributed by atoms with Gasteiger partial charge in [-0.1, -0.05) is 5.16 Å². The van der Waals surface area contributed by atoms with Crippen LogP contribution in [0.5, 0.6) is 0 Å². The van der Waals surface area contributed by atoms with Gasteiger partial charge in [-0.05, 0) is 0 Å². The molecule has 2 rings (SSSR count). The van der Waals surface area contributed by atoms with Gasteiger partial charge in [-0.15, -0.1) is 0 Å². The molecule has 11 heavy (non-hydrogen) atoms. The van der Waals surface area contributed by atoms with E-state index < -0.39 is 0 Å². The second-order valence-electron chi connectivity index (χ2n) is 2.48. The highest BCUT2D eigenvalue weighted by Crippen LogP contribution is 2.31. The van der Waals surface area contributed by atoms with Crippen LogP contribution in [-0.2, 0) is 6.54 Å². The van der Waals surface area contributed by atoms with Gasteiger partial charge in [-0.2, -0.15) is 16.7 Å². The van der Waals surface area contributed by atoms with Crippen LogP contribution in [0.15, 0.2) is 4.52 Å². The minimum Gasteiger partial charge on any atom is -0.338 e. The molecule has 1 saturated heterocycles. The lowest BCUT2D eigenvalue weighted by molar-refractivity contribution is 0.372. The average molecular weight is 171 g/mol. The monoisotopic (exact) mass is 171 g/mol. The molecular weight excluding hydrogens is 162 g/mol. The maximum atomic E-state index is 5.32. The first-order valence-corrected chi connectivity index (χ1v) is 4.66. The fourth-order valence-electron chi connectivity index (χ4n) is 0.902. The van der Waals surface area contributed by atoms with Gasteiger partial charge < -0.3 is 10.3 Å². The highest BCUT2D eigenvalue weighted by Gasteiger charge is 2.24. The molecule has 1 aliphatic rings. The molecule has 0 aliphatic carbocycles. The molecule has 0 unspecified atom stereocenters. The zero-order valence-electron chi connectivity index (χ0n) is 5.99. The first kappa shape index (κ1) is 7.12. The van der Waals surface area contributed by atoms with E-state index in [4.69, 9.17) is 10.3 Å². The van der Waals surface area contributed by atoms with Gasteiger partial charge in [0.15, 0.2) is 5.82 Å². The predicted molar refractivity (Wildman–Crippen MR) is 42.3 cm³/mol. The first-order valence-electron chi connectivity index (χ1n) is 3.50. The molecule has 4 nitrogen and oxygen atoms in total. The SMILES string of the molecule is NCc1nc(C2CSC2)no1. The Bertz CT molecular complexity index is 246. The van der Waals surface area contributed by atoms with Crippen LogP contribution in [0.4, 0.5) is 0 Å². The lowest BCUT2D eigenvalue weighted by atomic mass is 10.2. The van der Waals surface area contributed by atoms with Gasteiger partial charge in [0, 0.05) is 17.4 Å². The van der Waals surface area contributed by atoms with Gasteiger partial charge in [0.1, 0.15) is 0 Å². The van der Waals surface area contributed by atoms with Gasteiger partial charge in [0.2, 0.25) is 5.89 Å². The fraction of sp³-hybridized carbons (Fsp3) is 0.667. The van der Waals surface area contributed by atoms with Gasteiger partial charge in [-0.25, -0.2) is 0 Å². The molecule has 60 valence electrons. The summed E-state index contributed by atoms with van der Waals surface area (Å²) in [7, 11) is 0. The second kappa shape index (κ2) is 2.83. The molecule has 0 bridgehead atoms. The summed E-state index contributed by atoms with van der Waals surface area (Å²) in [5.41, 5.74) is 5.32. The van der Waals surface area contributed by atoms with Crippen molar-refractivity contribution in [3.05, 3.63) is 11.7 Å². The smallest absolute Gasteiger partial charge is 0.240 e. The minimum atomic E-state index is 0.340. The summed E-state index contributed by atoms with van der Waals surface area (Å²) in [4.78, 5) is 4.13. The summed E-state index contributed by atoms with van der Waals surface area (Å²) in [6.45, 7) is 0.340. The Morgan fingerprint density at radius 3 is 2.91 bits per heavy atom. The Morgan fingerprint density at radius 2 is 2.45 bits per heavy atom. The standard InChI is InChI=1S/C6H9N3OS/c7-1-5-8-6(9-10-5)4-2-11-3-4/h4H,1-3,7H2. The molecule has 0 radical (unpaired) electrons. The minimum absolute atomic E-state index is 0.340. The molecular formula is C6H9N3OS. The summed E-state index contributed by atoms with van der Waals surface area (Å²) in [6.07, 6.45) is 0. The van der Waals surface area contributed by atoms with E-state index in [1.54, 1.807) is 0 Å². The van der Waals surface area contributed by atoms with Gasteiger partial charge in [0.05, 0.1) is 6.54 Å². The van der Waals surface area contributed by atoms with Crippen LogP contribution < -0.4 is 5.73 Å². The summed E-state index contributed by atoms with van der Waals surface area (Å²) in [5.74, 6) is 4.10. The molecule has 1 aromatic heterocycles. The van der Waals surface area contributed by atoms with Gasteiger partial charge >= 0.3 is 0 Å². The zero-order valence-corrected chi connectivity index (χ0v) is 6.80. The molecule has 1 aliphatic heterocycles. The molecule has 2 N–H and O–H groups in total. The van der Waals surface area contributed by atoms with Crippen molar-refractivity contribution in [1.29, 1.82) is 0 Å². The Labute approximate surface area is 68.5 Å². The van der Waals surface area contributed by atoms with E-state index >= 15 is 0 Å². The van der Waals surface area contributed by atoms with Crippen molar-refractivity contribution in [3.8, 4) is 0 Å². The van der Waals surface area contributed by atoms with Crippen molar-refractivity contribution in [2.75, 3.05) is 11.5 Å². The van der Waals surface area contributed by atoms with Crippen molar-refractivity contribution in [2.45, 2.75) is 12.5 Å². The molecule has 1 aromatic rings. The van der Waals surface area contributed by atoms with E-state index in [1.807, 2.05) is 11.8 Å². The molecule has 0 saturated carbocycles. The fourth-order valence-corrected chi connectivity index (χ4v) is 1.67. The molecule has 1 fully saturated rings. The van der Waals surface area contributed by atoms with Crippen molar-refractivity contribution in [2.24, 2.45) is 5.73 Å². The van der Waals surface area contributed by atoms with E-state index in [9.17, 15) is 0 Å². The third-order valence-corrected chi connectivity index (χ3v) is 2.94. The van der Waals surface area contributed by atoms with Crippen LogP contribution in [0.25, 0.3) is 0 Å². The van der Waals surface area contributed by atoms with Gasteiger partial charge in [0.25, 0.3) is 0 Å². The summed E-state index contributed by atoms with van der Waals surface area (Å²) < 4.78 is 4.88. The maximum absolute atomic E-state index is 5.32. The molecule has 0 aromatic carbocycles. The van der Waals surface area contributed by atoms with Gasteiger partial charge in [-0.3, -0.25) is 0 Å². The predicted octanol–water partition coefficient (Wildman–Crippen LogP) is 0.359. The average Bonchev–Trinajstić information content (AvgIpc) is 2.32. The van der Waals surface area contributed by atoms with E-state index in [0.717, 1.165) is 17.3 Å². The highest BCUT2D eigenvalue weighted by atomic mass is 32.2. The van der Waals surface area contributed by atoms with E-state index in [-0.39, 0.29) is 0 Å². The number of nitrogens with two attached hydrogens (primary N) is 1. The maximum Gasteiger partial charge on any atom is 0.240 e. The van der Waals surface area contributed by atoms with Crippen molar-refractivity contribution < 1.29 is 4.52 Å². The number of thioether (sulfide) groups is 1. The number of hydrogen-bond donors (Lipinski definition) is 1. The Morgan fingerprint density at radius 1 is 1.64 bits per heavy atom. The number of rotatable bonds is 2. The molecule has 0 amide bonds. The summed E-state index contributed by atoms with van der Waals surface area (Å²) in [6, 6.07) is 0. The number of aromatic nitrogens is 2. The van der Waals surface area contributed by atoms with Crippen LogP contribution in [-0.4, -0.2) is 21.6 Å². The Balaban J connectivity index is 2.11. The lowest BCUT2D eigenvalue weighted by Crippen LogP contribution is -2.16. The van der Waals surface area contributed by atoms with E-state index in [1.165, 1.54) is 0 Å². The first-order chi connectivity index (χ1) is 5.40. The highest BCUT2D eigenvalue weighted by molar-refractivity contribution is 8.00. The van der Waals surface area contributed by atoms with Crippen molar-refractivity contribution >= 4 is 11.8 Å². The van der Waals surface area contributed by atoms with Crippen LogP contribution in [0.2, 0.25) is 0 Å². The normalized spacial score (nSPS) is 18.3. The quantitative estimate of drug-likeness (QED) is 0.696. The molecule has 0 atom stereocenters. The lowest BCUT2D eigenvalue weighted by Gasteiger charge is -2.20. The number of hydrogen-bond acceptors (Lipinski definition) is 5. The largest absolute Gasteiger partial charge is 0.338 e. The molecule has 2 heterocycles. The van der Waals surface area contributed by atoms with Crippen molar-refractivity contribution in [3.63, 3.8) is 0 Å². The summed E-state index contributed by atoms with van der Waals surface area (Å²) >= 11 is 1.90. The second-order valence-corrected chi connectivity index (χ2v) is 3.56. The third kappa shape index (κ3) is 1.25. The van der Waals surface area contributed by atoms with Crippen molar-refractivity contribution in [1.82, 2.24) is 10.1 Å². The Kier molecular flexibility index (Phi) is 1.83. The van der Waals surface area contributed by atoms with Crippen LogP contribution in [0, 0.1) is 0 Å². The van der Waals surface area contributed by atoms with E-state index in [2.05, 4.69) is 10.1 Å².